The molecule has 1 aromatic carbocycles. The van der Waals surface area contributed by atoms with Crippen LogP contribution in [0.2, 0.25) is 0 Å². The summed E-state index contributed by atoms with van der Waals surface area (Å²) in [5.74, 6) is 0. The van der Waals surface area contributed by atoms with Crippen LogP contribution in [0.1, 0.15) is 22.9 Å². The van der Waals surface area contributed by atoms with Crippen LogP contribution in [0.4, 0.5) is 13.2 Å². The van der Waals surface area contributed by atoms with Crippen molar-refractivity contribution in [3.05, 3.63) is 69.6 Å². The first-order chi connectivity index (χ1) is 9.80. The van der Waals surface area contributed by atoms with Crippen molar-refractivity contribution in [1.82, 2.24) is 4.57 Å². The van der Waals surface area contributed by atoms with Gasteiger partial charge >= 0.3 is 6.18 Å². The Labute approximate surface area is 119 Å². The van der Waals surface area contributed by atoms with Crippen LogP contribution in [-0.4, -0.2) is 9.67 Å². The molecule has 0 bridgehead atoms. The van der Waals surface area contributed by atoms with E-state index >= 15 is 0 Å². The Kier molecular flexibility index (Phi) is 4.18. The zero-order valence-electron chi connectivity index (χ0n) is 11.3. The lowest BCUT2D eigenvalue weighted by molar-refractivity contribution is -0.144. The van der Waals surface area contributed by atoms with E-state index in [4.69, 9.17) is 0 Å². The Bertz CT molecular complexity index is 692. The highest BCUT2D eigenvalue weighted by molar-refractivity contribution is 5.27. The van der Waals surface area contributed by atoms with Crippen LogP contribution < -0.4 is 5.56 Å². The number of aliphatic hydroxyl groups is 1. The fourth-order valence-electron chi connectivity index (χ4n) is 2.19. The average molecular weight is 297 g/mol. The average Bonchev–Trinajstić information content (AvgIpc) is 2.40. The third-order valence-corrected chi connectivity index (χ3v) is 3.24. The fourth-order valence-corrected chi connectivity index (χ4v) is 2.19. The van der Waals surface area contributed by atoms with Crippen molar-refractivity contribution in [3.63, 3.8) is 0 Å². The van der Waals surface area contributed by atoms with Gasteiger partial charge in [-0.2, -0.15) is 13.2 Å². The molecule has 1 atom stereocenters. The highest BCUT2D eigenvalue weighted by atomic mass is 19.4. The molecule has 1 heterocycles. The van der Waals surface area contributed by atoms with Crippen LogP contribution in [-0.2, 0) is 12.7 Å². The lowest BCUT2D eigenvalue weighted by Crippen LogP contribution is -2.29. The van der Waals surface area contributed by atoms with Gasteiger partial charge in [0.1, 0.15) is 5.69 Å². The van der Waals surface area contributed by atoms with Gasteiger partial charge in [-0.05, 0) is 24.1 Å². The number of nitrogens with zero attached hydrogens (tertiary/aromatic N) is 1. The Morgan fingerprint density at radius 2 is 1.81 bits per heavy atom. The topological polar surface area (TPSA) is 42.2 Å². The minimum absolute atomic E-state index is 0.445. The third kappa shape index (κ3) is 3.33. The second kappa shape index (κ2) is 5.73. The van der Waals surface area contributed by atoms with E-state index in [-0.39, 0.29) is 0 Å². The number of hydrogen-bond donors (Lipinski definition) is 1. The molecule has 0 amide bonds. The third-order valence-electron chi connectivity index (χ3n) is 3.24. The highest BCUT2D eigenvalue weighted by Crippen LogP contribution is 2.29. The quantitative estimate of drug-likeness (QED) is 0.946. The Morgan fingerprint density at radius 3 is 2.43 bits per heavy atom. The number of aliphatic hydroxyl groups excluding tert-OH is 1. The monoisotopic (exact) mass is 297 g/mol. The first kappa shape index (κ1) is 15.3. The summed E-state index contributed by atoms with van der Waals surface area (Å²) in [6.45, 7) is 1.30. The molecule has 0 saturated carbocycles. The van der Waals surface area contributed by atoms with Crippen molar-refractivity contribution in [3.8, 4) is 0 Å². The van der Waals surface area contributed by atoms with Gasteiger partial charge in [-0.1, -0.05) is 30.3 Å². The highest BCUT2D eigenvalue weighted by Gasteiger charge is 2.34. The molecule has 0 saturated heterocycles. The molecule has 3 nitrogen and oxygen atoms in total. The predicted molar refractivity (Wildman–Crippen MR) is 71.8 cm³/mol. The predicted octanol–water partition coefficient (Wildman–Crippen LogP) is 2.91. The van der Waals surface area contributed by atoms with E-state index in [2.05, 4.69) is 0 Å². The Hall–Kier alpha value is -2.08. The van der Waals surface area contributed by atoms with E-state index in [1.54, 1.807) is 31.2 Å². The first-order valence-corrected chi connectivity index (χ1v) is 6.31. The Balaban J connectivity index is 2.41. The summed E-state index contributed by atoms with van der Waals surface area (Å²) in [6.07, 6.45) is -5.83. The molecule has 112 valence electrons. The molecule has 0 aliphatic carbocycles. The molecule has 0 fully saturated rings. The van der Waals surface area contributed by atoms with Gasteiger partial charge in [-0.15, -0.1) is 0 Å². The smallest absolute Gasteiger partial charge is 0.387 e. The second-order valence-corrected chi connectivity index (χ2v) is 4.73. The van der Waals surface area contributed by atoms with Gasteiger partial charge < -0.3 is 9.67 Å². The van der Waals surface area contributed by atoms with Crippen LogP contribution in [0.15, 0.2) is 47.3 Å². The molecule has 1 N–H and O–H groups in total. The van der Waals surface area contributed by atoms with Gasteiger partial charge in [0.25, 0.3) is 5.56 Å². The molecular formula is C15H14F3NO2. The minimum Gasteiger partial charge on any atom is -0.387 e. The summed E-state index contributed by atoms with van der Waals surface area (Å²) >= 11 is 0. The SMILES string of the molecule is Cc1ccccc1C(O)Cn1c(C(F)(F)F)cccc1=O. The van der Waals surface area contributed by atoms with Crippen molar-refractivity contribution >= 4 is 0 Å². The molecule has 1 aromatic heterocycles. The standard InChI is InChI=1S/C15H14F3NO2/c1-10-5-2-3-6-11(10)12(20)9-19-13(15(16,17)18)7-4-8-14(19)21/h2-8,12,20H,9H2,1H3. The summed E-state index contributed by atoms with van der Waals surface area (Å²) in [6, 6.07) is 9.75. The number of pyridine rings is 1. The maximum Gasteiger partial charge on any atom is 0.431 e. The zero-order valence-corrected chi connectivity index (χ0v) is 11.3. The lowest BCUT2D eigenvalue weighted by Gasteiger charge is -2.19. The molecular weight excluding hydrogens is 283 g/mol. The summed E-state index contributed by atoms with van der Waals surface area (Å²) < 4.78 is 39.3. The van der Waals surface area contributed by atoms with Crippen molar-refractivity contribution in [2.75, 3.05) is 0 Å². The number of hydrogen-bond acceptors (Lipinski definition) is 2. The lowest BCUT2D eigenvalue weighted by atomic mass is 10.0. The molecule has 2 aromatic rings. The number of benzene rings is 1. The van der Waals surface area contributed by atoms with Crippen LogP contribution >= 0.6 is 0 Å². The molecule has 21 heavy (non-hydrogen) atoms. The first-order valence-electron chi connectivity index (χ1n) is 6.31. The van der Waals surface area contributed by atoms with E-state index in [1.165, 1.54) is 0 Å². The molecule has 0 spiro atoms. The molecule has 0 radical (unpaired) electrons. The normalized spacial score (nSPS) is 13.2. The fraction of sp³-hybridized carbons (Fsp3) is 0.267. The van der Waals surface area contributed by atoms with Gasteiger partial charge in [0.2, 0.25) is 0 Å². The second-order valence-electron chi connectivity index (χ2n) is 4.73. The summed E-state index contributed by atoms with van der Waals surface area (Å²) in [4.78, 5) is 11.7. The van der Waals surface area contributed by atoms with Crippen molar-refractivity contribution < 1.29 is 18.3 Å². The van der Waals surface area contributed by atoms with E-state index in [1.807, 2.05) is 0 Å². The molecule has 1 unspecified atom stereocenters. The van der Waals surface area contributed by atoms with E-state index in [0.29, 0.717) is 10.1 Å². The van der Waals surface area contributed by atoms with Crippen molar-refractivity contribution in [1.29, 1.82) is 0 Å². The van der Waals surface area contributed by atoms with Crippen molar-refractivity contribution in [2.45, 2.75) is 25.7 Å². The molecule has 2 rings (SSSR count). The van der Waals surface area contributed by atoms with Crippen LogP contribution in [0.5, 0.6) is 0 Å². The van der Waals surface area contributed by atoms with Gasteiger partial charge in [0.15, 0.2) is 0 Å². The van der Waals surface area contributed by atoms with Gasteiger partial charge in [-0.3, -0.25) is 4.79 Å². The Morgan fingerprint density at radius 1 is 1.14 bits per heavy atom. The van der Waals surface area contributed by atoms with E-state index < -0.39 is 30.1 Å². The number of alkyl halides is 3. The largest absolute Gasteiger partial charge is 0.431 e. The maximum absolute atomic E-state index is 12.9. The minimum atomic E-state index is -4.65. The molecule has 6 heteroatoms. The number of aryl methyl sites for hydroxylation is 1. The molecule has 0 aliphatic rings. The summed E-state index contributed by atoms with van der Waals surface area (Å²) in [5.41, 5.74) is -0.607. The number of rotatable bonds is 3. The summed E-state index contributed by atoms with van der Waals surface area (Å²) in [7, 11) is 0. The van der Waals surface area contributed by atoms with Crippen LogP contribution in [0.25, 0.3) is 0 Å². The zero-order chi connectivity index (χ0) is 15.6. The maximum atomic E-state index is 12.9. The van der Waals surface area contributed by atoms with Crippen LogP contribution in [0.3, 0.4) is 0 Å². The van der Waals surface area contributed by atoms with E-state index in [9.17, 15) is 23.1 Å². The van der Waals surface area contributed by atoms with Gasteiger partial charge in [0, 0.05) is 6.07 Å². The number of aromatic nitrogens is 1. The van der Waals surface area contributed by atoms with E-state index in [0.717, 1.165) is 23.8 Å². The summed E-state index contributed by atoms with van der Waals surface area (Å²) in [5, 5.41) is 10.1. The number of halogens is 3. The molecule has 0 aliphatic heterocycles. The van der Waals surface area contributed by atoms with Gasteiger partial charge in [0.05, 0.1) is 12.6 Å². The van der Waals surface area contributed by atoms with Gasteiger partial charge in [-0.25, -0.2) is 0 Å². The van der Waals surface area contributed by atoms with Crippen molar-refractivity contribution in [2.24, 2.45) is 0 Å². The van der Waals surface area contributed by atoms with Crippen LogP contribution in [0, 0.1) is 6.92 Å².